The number of carbonyl (C=O) groups is 2. The van der Waals surface area contributed by atoms with E-state index in [1.165, 1.54) is 7.11 Å². The van der Waals surface area contributed by atoms with Crippen molar-refractivity contribution < 1.29 is 14.3 Å². The van der Waals surface area contributed by atoms with Crippen molar-refractivity contribution in [3.05, 3.63) is 0 Å². The molecule has 1 aliphatic carbocycles. The molecule has 1 saturated carbocycles. The van der Waals surface area contributed by atoms with Gasteiger partial charge in [-0.05, 0) is 12.3 Å². The van der Waals surface area contributed by atoms with Gasteiger partial charge < -0.3 is 4.74 Å². The number of Topliss-reactive ketones (excluding diaryl/α,β-unsaturated/α-hetero) is 1. The lowest BCUT2D eigenvalue weighted by molar-refractivity contribution is -0.148. The molecule has 0 bridgehead atoms. The Morgan fingerprint density at radius 1 is 1.64 bits per heavy atom. The van der Waals surface area contributed by atoms with Crippen molar-refractivity contribution in [2.24, 2.45) is 11.8 Å². The van der Waals surface area contributed by atoms with Crippen molar-refractivity contribution in [1.29, 1.82) is 0 Å². The summed E-state index contributed by atoms with van der Waals surface area (Å²) in [4.78, 5) is 22.0. The van der Waals surface area contributed by atoms with Crippen molar-refractivity contribution in [3.63, 3.8) is 0 Å². The second-order valence-corrected chi connectivity index (χ2v) is 3.09. The fourth-order valence-electron chi connectivity index (χ4n) is 1.47. The smallest absolute Gasteiger partial charge is 0.316 e. The maximum Gasteiger partial charge on any atom is 0.316 e. The van der Waals surface area contributed by atoms with Crippen LogP contribution in [0, 0.1) is 11.8 Å². The summed E-state index contributed by atoms with van der Waals surface area (Å²) in [5.41, 5.74) is 0. The van der Waals surface area contributed by atoms with Crippen LogP contribution in [0.5, 0.6) is 0 Å². The van der Waals surface area contributed by atoms with Crippen molar-refractivity contribution in [1.82, 2.24) is 0 Å². The van der Waals surface area contributed by atoms with E-state index in [2.05, 4.69) is 4.74 Å². The normalized spacial score (nSPS) is 30.5. The molecule has 0 aliphatic heterocycles. The summed E-state index contributed by atoms with van der Waals surface area (Å²) in [6.45, 7) is 1.97. The molecule has 1 fully saturated rings. The summed E-state index contributed by atoms with van der Waals surface area (Å²) in [5, 5.41) is 0. The minimum absolute atomic E-state index is 0.0318. The highest BCUT2D eigenvalue weighted by molar-refractivity contribution is 6.00. The van der Waals surface area contributed by atoms with Gasteiger partial charge in [0.25, 0.3) is 0 Å². The maximum atomic E-state index is 11.1. The van der Waals surface area contributed by atoms with E-state index < -0.39 is 5.92 Å². The third-order valence-corrected chi connectivity index (χ3v) is 2.06. The van der Waals surface area contributed by atoms with Gasteiger partial charge in [-0.25, -0.2) is 0 Å². The maximum absolute atomic E-state index is 11.1. The standard InChI is InChI=1S/C8H12O3/c1-5-3-6(7(9)4-5)8(10)11-2/h5-6H,3-4H2,1-2H3/t5-,6-/m1/s1. The molecule has 0 N–H and O–H groups in total. The molecule has 0 aromatic heterocycles. The Morgan fingerprint density at radius 3 is 2.64 bits per heavy atom. The van der Waals surface area contributed by atoms with Crippen LogP contribution in [0.1, 0.15) is 19.8 Å². The molecule has 0 spiro atoms. The van der Waals surface area contributed by atoms with Gasteiger partial charge in [0, 0.05) is 6.42 Å². The second-order valence-electron chi connectivity index (χ2n) is 3.09. The number of ketones is 1. The van der Waals surface area contributed by atoms with Crippen LogP contribution in [0.4, 0.5) is 0 Å². The van der Waals surface area contributed by atoms with Crippen LogP contribution in [0.15, 0.2) is 0 Å². The SMILES string of the molecule is COC(=O)[C@@H]1C[C@@H](C)CC1=O. The molecule has 0 saturated heterocycles. The van der Waals surface area contributed by atoms with E-state index in [-0.39, 0.29) is 11.8 Å². The van der Waals surface area contributed by atoms with Crippen LogP contribution in [0.2, 0.25) is 0 Å². The zero-order chi connectivity index (χ0) is 8.43. The summed E-state index contributed by atoms with van der Waals surface area (Å²) in [6.07, 6.45) is 1.19. The van der Waals surface area contributed by atoms with Gasteiger partial charge in [0.15, 0.2) is 0 Å². The first-order valence-electron chi connectivity index (χ1n) is 3.75. The first-order valence-corrected chi connectivity index (χ1v) is 3.75. The zero-order valence-corrected chi connectivity index (χ0v) is 6.79. The molecule has 3 heteroatoms. The van der Waals surface area contributed by atoms with Gasteiger partial charge in [0.2, 0.25) is 0 Å². The van der Waals surface area contributed by atoms with Crippen LogP contribution < -0.4 is 0 Å². The predicted octanol–water partition coefficient (Wildman–Crippen LogP) is 0.775. The molecule has 11 heavy (non-hydrogen) atoms. The van der Waals surface area contributed by atoms with Crippen LogP contribution in [0.25, 0.3) is 0 Å². The number of methoxy groups -OCH3 is 1. The average Bonchev–Trinajstić information content (AvgIpc) is 2.28. The van der Waals surface area contributed by atoms with Crippen LogP contribution >= 0.6 is 0 Å². The topological polar surface area (TPSA) is 43.4 Å². The van der Waals surface area contributed by atoms with Gasteiger partial charge in [0.05, 0.1) is 7.11 Å². The molecule has 0 radical (unpaired) electrons. The van der Waals surface area contributed by atoms with Crippen LogP contribution in [0.3, 0.4) is 0 Å². The minimum Gasteiger partial charge on any atom is -0.468 e. The Labute approximate surface area is 65.7 Å². The van der Waals surface area contributed by atoms with E-state index in [1.54, 1.807) is 0 Å². The Kier molecular flexibility index (Phi) is 2.27. The van der Waals surface area contributed by atoms with E-state index in [0.717, 1.165) is 0 Å². The fraction of sp³-hybridized carbons (Fsp3) is 0.750. The van der Waals surface area contributed by atoms with Crippen molar-refractivity contribution in [3.8, 4) is 0 Å². The first-order chi connectivity index (χ1) is 5.15. The van der Waals surface area contributed by atoms with Crippen LogP contribution in [-0.2, 0) is 14.3 Å². The summed E-state index contributed by atoms with van der Waals surface area (Å²) in [7, 11) is 1.32. The van der Waals surface area contributed by atoms with Gasteiger partial charge in [-0.2, -0.15) is 0 Å². The van der Waals surface area contributed by atoms with Crippen molar-refractivity contribution in [2.75, 3.05) is 7.11 Å². The molecular formula is C8H12O3. The Balaban J connectivity index is 2.60. The summed E-state index contributed by atoms with van der Waals surface area (Å²) in [5.74, 6) is -0.481. The fourth-order valence-corrected chi connectivity index (χ4v) is 1.47. The largest absolute Gasteiger partial charge is 0.468 e. The highest BCUT2D eigenvalue weighted by atomic mass is 16.5. The van der Waals surface area contributed by atoms with E-state index in [4.69, 9.17) is 0 Å². The highest BCUT2D eigenvalue weighted by Crippen LogP contribution is 2.27. The number of ether oxygens (including phenoxy) is 1. The number of rotatable bonds is 1. The molecule has 0 amide bonds. The predicted molar refractivity (Wildman–Crippen MR) is 38.9 cm³/mol. The first kappa shape index (κ1) is 8.24. The molecule has 1 rings (SSSR count). The lowest BCUT2D eigenvalue weighted by atomic mass is 10.1. The number of hydrogen-bond acceptors (Lipinski definition) is 3. The average molecular weight is 156 g/mol. The highest BCUT2D eigenvalue weighted by Gasteiger charge is 2.35. The summed E-state index contributed by atoms with van der Waals surface area (Å²) < 4.78 is 4.49. The minimum atomic E-state index is -0.477. The zero-order valence-electron chi connectivity index (χ0n) is 6.79. The third kappa shape index (κ3) is 1.59. The molecule has 0 heterocycles. The van der Waals surface area contributed by atoms with E-state index in [1.807, 2.05) is 6.92 Å². The molecule has 2 atom stereocenters. The third-order valence-electron chi connectivity index (χ3n) is 2.06. The Hall–Kier alpha value is -0.860. The lowest BCUT2D eigenvalue weighted by Crippen LogP contribution is -2.19. The number of hydrogen-bond donors (Lipinski definition) is 0. The van der Waals surface area contributed by atoms with Gasteiger partial charge >= 0.3 is 5.97 Å². The van der Waals surface area contributed by atoms with Gasteiger partial charge in [-0.3, -0.25) is 9.59 Å². The second kappa shape index (κ2) is 3.03. The number of esters is 1. The van der Waals surface area contributed by atoms with Crippen LogP contribution in [-0.4, -0.2) is 18.9 Å². The van der Waals surface area contributed by atoms with Gasteiger partial charge in [0.1, 0.15) is 11.7 Å². The van der Waals surface area contributed by atoms with Gasteiger partial charge in [-0.1, -0.05) is 6.92 Å². The number of carbonyl (C=O) groups excluding carboxylic acids is 2. The molecule has 0 unspecified atom stereocenters. The monoisotopic (exact) mass is 156 g/mol. The van der Waals surface area contributed by atoms with Crippen molar-refractivity contribution in [2.45, 2.75) is 19.8 Å². The summed E-state index contributed by atoms with van der Waals surface area (Å²) >= 11 is 0. The van der Waals surface area contributed by atoms with E-state index in [0.29, 0.717) is 18.8 Å². The Bertz CT molecular complexity index is 178. The van der Waals surface area contributed by atoms with E-state index >= 15 is 0 Å². The molecule has 0 aromatic carbocycles. The molecule has 1 aliphatic rings. The molecule has 0 aromatic rings. The van der Waals surface area contributed by atoms with Gasteiger partial charge in [-0.15, -0.1) is 0 Å². The summed E-state index contributed by atoms with van der Waals surface area (Å²) in [6, 6.07) is 0. The van der Waals surface area contributed by atoms with Crippen molar-refractivity contribution >= 4 is 11.8 Å². The molecule has 62 valence electrons. The Morgan fingerprint density at radius 2 is 2.27 bits per heavy atom. The quantitative estimate of drug-likeness (QED) is 0.416. The molecule has 3 nitrogen and oxygen atoms in total. The lowest BCUT2D eigenvalue weighted by Gasteiger charge is -2.03. The van der Waals surface area contributed by atoms with E-state index in [9.17, 15) is 9.59 Å². The molecular weight excluding hydrogens is 144 g/mol.